The molecular weight excluding hydrogens is 575 g/mol. The standard InChI is InChI=1S/C35H31FN4O3S/c1-4-22(5-2)23-14-15-30-26(16-23)27(21(3)41)19-39(30)20-33(42)40-18-24(36)17-31(40)34(43)37-28-11-7-6-10-25(28)35-38-29-12-8-9-13-32(29)44-35/h4-16,19,24,31H,1,17-18,20H2,2-3H3,(H,37,43). The first kappa shape index (κ1) is 29.2. The molecule has 6 rings (SSSR count). The Morgan fingerprint density at radius 1 is 1.11 bits per heavy atom. The number of nitrogens with zero attached hydrogens (tertiary/aromatic N) is 3. The minimum atomic E-state index is -1.33. The molecule has 0 radical (unpaired) electrons. The molecule has 5 aromatic rings. The topological polar surface area (TPSA) is 84.3 Å². The summed E-state index contributed by atoms with van der Waals surface area (Å²) in [5.41, 5.74) is 5.19. The maximum Gasteiger partial charge on any atom is 0.247 e. The largest absolute Gasteiger partial charge is 0.337 e. The highest BCUT2D eigenvalue weighted by Gasteiger charge is 2.40. The number of allylic oxidation sites excluding steroid dienone is 3. The van der Waals surface area contributed by atoms with Gasteiger partial charge < -0.3 is 14.8 Å². The highest BCUT2D eigenvalue weighted by atomic mass is 32.1. The molecule has 1 N–H and O–H groups in total. The van der Waals surface area contributed by atoms with Gasteiger partial charge in [-0.15, -0.1) is 11.3 Å². The summed E-state index contributed by atoms with van der Waals surface area (Å²) in [6.45, 7) is 6.94. The van der Waals surface area contributed by atoms with Crippen molar-refractivity contribution in [3.05, 3.63) is 103 Å². The average molecular weight is 607 g/mol. The van der Waals surface area contributed by atoms with Crippen molar-refractivity contribution in [3.63, 3.8) is 0 Å². The molecule has 3 aromatic carbocycles. The molecule has 2 atom stereocenters. The number of anilines is 1. The van der Waals surface area contributed by atoms with Gasteiger partial charge in [-0.25, -0.2) is 9.37 Å². The molecule has 1 aliphatic rings. The fourth-order valence-corrected chi connectivity index (χ4v) is 6.82. The summed E-state index contributed by atoms with van der Waals surface area (Å²) >= 11 is 1.52. The minimum Gasteiger partial charge on any atom is -0.337 e. The van der Waals surface area contributed by atoms with Crippen LogP contribution < -0.4 is 5.32 Å². The molecule has 9 heteroatoms. The number of halogens is 1. The van der Waals surface area contributed by atoms with Gasteiger partial charge in [0.15, 0.2) is 5.78 Å². The van der Waals surface area contributed by atoms with Gasteiger partial charge >= 0.3 is 0 Å². The average Bonchev–Trinajstić information content (AvgIpc) is 3.73. The van der Waals surface area contributed by atoms with E-state index in [9.17, 15) is 18.8 Å². The number of ketones is 1. The predicted octanol–water partition coefficient (Wildman–Crippen LogP) is 7.29. The zero-order valence-electron chi connectivity index (χ0n) is 24.4. The van der Waals surface area contributed by atoms with Crippen LogP contribution in [0.1, 0.15) is 36.2 Å². The lowest BCUT2D eigenvalue weighted by Gasteiger charge is -2.24. The lowest BCUT2D eigenvalue weighted by atomic mass is 10.0. The molecule has 3 heterocycles. The number of benzene rings is 3. The van der Waals surface area contributed by atoms with Crippen molar-refractivity contribution in [3.8, 4) is 10.6 Å². The maximum atomic E-state index is 14.8. The first-order valence-corrected chi connectivity index (χ1v) is 15.2. The van der Waals surface area contributed by atoms with Gasteiger partial charge in [0.25, 0.3) is 0 Å². The number of hydrogen-bond donors (Lipinski definition) is 1. The molecule has 0 spiro atoms. The molecule has 0 aliphatic carbocycles. The van der Waals surface area contributed by atoms with Gasteiger partial charge in [-0.2, -0.15) is 0 Å². The fraction of sp³-hybridized carbons (Fsp3) is 0.200. The highest BCUT2D eigenvalue weighted by Crippen LogP contribution is 2.35. The van der Waals surface area contributed by atoms with Gasteiger partial charge in [-0.1, -0.05) is 49.1 Å². The Hall–Kier alpha value is -4.89. The number of rotatable bonds is 8. The number of aromatic nitrogens is 2. The molecule has 1 saturated heterocycles. The van der Waals surface area contributed by atoms with E-state index < -0.39 is 24.0 Å². The van der Waals surface area contributed by atoms with Gasteiger partial charge in [-0.3, -0.25) is 14.4 Å². The van der Waals surface area contributed by atoms with Crippen LogP contribution in [0.4, 0.5) is 10.1 Å². The first-order chi connectivity index (χ1) is 21.3. The molecule has 1 fully saturated rings. The Morgan fingerprint density at radius 3 is 2.64 bits per heavy atom. The van der Waals surface area contributed by atoms with E-state index in [1.807, 2.05) is 73.7 Å². The lowest BCUT2D eigenvalue weighted by molar-refractivity contribution is -0.137. The van der Waals surface area contributed by atoms with Crippen molar-refractivity contribution >= 4 is 61.3 Å². The summed E-state index contributed by atoms with van der Waals surface area (Å²) < 4.78 is 17.5. The molecule has 222 valence electrons. The van der Waals surface area contributed by atoms with Gasteiger partial charge in [-0.05, 0) is 61.4 Å². The molecule has 7 nitrogen and oxygen atoms in total. The number of para-hydroxylation sites is 2. The Kier molecular flexibility index (Phi) is 7.97. The number of likely N-dealkylation sites (tertiary alicyclic amines) is 1. The van der Waals surface area contributed by atoms with E-state index in [1.165, 1.54) is 23.2 Å². The van der Waals surface area contributed by atoms with E-state index in [-0.39, 0.29) is 25.3 Å². The molecule has 1 aliphatic heterocycles. The smallest absolute Gasteiger partial charge is 0.247 e. The lowest BCUT2D eigenvalue weighted by Crippen LogP contribution is -2.44. The number of nitrogens with one attached hydrogen (secondary N) is 1. The second-order valence-corrected chi connectivity index (χ2v) is 11.9. The van der Waals surface area contributed by atoms with Crippen molar-refractivity contribution < 1.29 is 18.8 Å². The minimum absolute atomic E-state index is 0.0942. The number of amides is 2. The zero-order chi connectivity index (χ0) is 31.0. The van der Waals surface area contributed by atoms with Crippen LogP contribution in [-0.2, 0) is 16.1 Å². The number of hydrogen-bond acceptors (Lipinski definition) is 5. The summed E-state index contributed by atoms with van der Waals surface area (Å²) in [4.78, 5) is 45.8. The summed E-state index contributed by atoms with van der Waals surface area (Å²) in [6.07, 6.45) is 3.92. The Bertz CT molecular complexity index is 1940. The fourth-order valence-electron chi connectivity index (χ4n) is 5.82. The van der Waals surface area contributed by atoms with E-state index in [4.69, 9.17) is 4.98 Å². The van der Waals surface area contributed by atoms with Gasteiger partial charge in [0.05, 0.1) is 22.4 Å². The first-order valence-electron chi connectivity index (χ1n) is 14.4. The third-order valence-electron chi connectivity index (χ3n) is 8.01. The number of alkyl halides is 1. The summed E-state index contributed by atoms with van der Waals surface area (Å²) in [5.74, 6) is -0.990. The van der Waals surface area contributed by atoms with Crippen LogP contribution in [0, 0.1) is 0 Å². The zero-order valence-corrected chi connectivity index (χ0v) is 25.2. The van der Waals surface area contributed by atoms with Crippen LogP contribution in [0.25, 0.3) is 37.3 Å². The van der Waals surface area contributed by atoms with Crippen LogP contribution in [0.3, 0.4) is 0 Å². The van der Waals surface area contributed by atoms with Crippen LogP contribution >= 0.6 is 11.3 Å². The Balaban J connectivity index is 1.25. The van der Waals surface area contributed by atoms with Crippen LogP contribution in [0.2, 0.25) is 0 Å². The SMILES string of the molecule is C=CC(=CC)c1ccc2c(c1)c(C(C)=O)cn2CC(=O)N1CC(F)CC1C(=O)Nc1ccccc1-c1nc2ccccc2s1. The molecule has 0 bridgehead atoms. The Labute approximate surface area is 258 Å². The molecule has 2 aromatic heterocycles. The second kappa shape index (κ2) is 12.0. The number of fused-ring (bicyclic) bond motifs is 2. The summed E-state index contributed by atoms with van der Waals surface area (Å²) in [5, 5.41) is 4.41. The number of Topliss-reactive ketones (excluding diaryl/α,β-unsaturated/α-hetero) is 1. The predicted molar refractivity (Wildman–Crippen MR) is 174 cm³/mol. The van der Waals surface area contributed by atoms with E-state index in [1.54, 1.807) is 22.9 Å². The van der Waals surface area contributed by atoms with Gasteiger partial charge in [0.1, 0.15) is 23.8 Å². The third kappa shape index (κ3) is 5.46. The third-order valence-corrected chi connectivity index (χ3v) is 9.08. The van der Waals surface area contributed by atoms with Gasteiger partial charge in [0.2, 0.25) is 11.8 Å². The molecule has 0 saturated carbocycles. The quantitative estimate of drug-likeness (QED) is 0.149. The number of carbonyl (C=O) groups excluding carboxylic acids is 3. The van der Waals surface area contributed by atoms with Crippen molar-refractivity contribution in [2.24, 2.45) is 0 Å². The second-order valence-electron chi connectivity index (χ2n) is 10.8. The van der Waals surface area contributed by atoms with Crippen LogP contribution in [-0.4, -0.2) is 50.8 Å². The van der Waals surface area contributed by atoms with E-state index in [2.05, 4.69) is 11.9 Å². The summed E-state index contributed by atoms with van der Waals surface area (Å²) in [7, 11) is 0. The summed E-state index contributed by atoms with van der Waals surface area (Å²) in [6, 6.07) is 19.9. The monoisotopic (exact) mass is 606 g/mol. The molecule has 2 unspecified atom stereocenters. The van der Waals surface area contributed by atoms with Crippen molar-refractivity contribution in [1.82, 2.24) is 14.5 Å². The maximum absolute atomic E-state index is 14.8. The molecular formula is C35H31FN4O3S. The highest BCUT2D eigenvalue weighted by molar-refractivity contribution is 7.21. The number of carbonyl (C=O) groups is 3. The van der Waals surface area contributed by atoms with E-state index in [0.29, 0.717) is 16.8 Å². The molecule has 2 amide bonds. The van der Waals surface area contributed by atoms with Crippen LogP contribution in [0.15, 0.2) is 91.7 Å². The van der Waals surface area contributed by atoms with Crippen LogP contribution in [0.5, 0.6) is 0 Å². The number of thiazole rings is 1. The van der Waals surface area contributed by atoms with Crippen molar-refractivity contribution in [1.29, 1.82) is 0 Å². The van der Waals surface area contributed by atoms with Crippen molar-refractivity contribution in [2.75, 3.05) is 11.9 Å². The van der Waals surface area contributed by atoms with E-state index >= 15 is 0 Å². The normalized spacial score (nSPS) is 16.9. The van der Waals surface area contributed by atoms with Crippen molar-refractivity contribution in [2.45, 2.75) is 39.0 Å². The van der Waals surface area contributed by atoms with E-state index in [0.717, 1.165) is 37.3 Å². The Morgan fingerprint density at radius 2 is 1.89 bits per heavy atom. The molecule has 44 heavy (non-hydrogen) atoms. The van der Waals surface area contributed by atoms with Gasteiger partial charge in [0, 0.05) is 34.6 Å².